The van der Waals surface area contributed by atoms with Crippen molar-refractivity contribution < 1.29 is 17.3 Å². The predicted molar refractivity (Wildman–Crippen MR) is 93.4 cm³/mol. The van der Waals surface area contributed by atoms with Crippen molar-refractivity contribution in [2.45, 2.75) is 25.7 Å². The first-order chi connectivity index (χ1) is 11.8. The average Bonchev–Trinajstić information content (AvgIpc) is 2.96. The van der Waals surface area contributed by atoms with Crippen LogP contribution in [0.4, 0.5) is 10.1 Å². The summed E-state index contributed by atoms with van der Waals surface area (Å²) in [5, 5.41) is 3.83. The predicted octanol–water partition coefficient (Wildman–Crippen LogP) is 4.21. The Morgan fingerprint density at radius 3 is 2.36 bits per heavy atom. The van der Waals surface area contributed by atoms with E-state index in [-0.39, 0.29) is 4.90 Å². The molecule has 3 rings (SSSR count). The van der Waals surface area contributed by atoms with Crippen LogP contribution in [-0.4, -0.2) is 13.6 Å². The zero-order valence-corrected chi connectivity index (χ0v) is 14.8. The number of rotatable bonds is 4. The lowest BCUT2D eigenvalue weighted by Crippen LogP contribution is -2.15. The number of benzene rings is 2. The summed E-state index contributed by atoms with van der Waals surface area (Å²) < 4.78 is 46.2. The maximum absolute atomic E-state index is 13.2. The Morgan fingerprint density at radius 2 is 1.76 bits per heavy atom. The first-order valence-corrected chi connectivity index (χ1v) is 9.08. The molecule has 2 aromatic carbocycles. The molecule has 0 unspecified atom stereocenters. The summed E-state index contributed by atoms with van der Waals surface area (Å²) >= 11 is 0. The Morgan fingerprint density at radius 1 is 1.00 bits per heavy atom. The molecule has 0 spiro atoms. The summed E-state index contributed by atoms with van der Waals surface area (Å²) in [5.41, 5.74) is 2.91. The van der Waals surface area contributed by atoms with Gasteiger partial charge in [-0.25, -0.2) is 12.8 Å². The number of aryl methyl sites for hydroxylation is 3. The Balaban J connectivity index is 1.94. The molecule has 25 heavy (non-hydrogen) atoms. The maximum Gasteiger partial charge on any atom is 0.262 e. The van der Waals surface area contributed by atoms with Crippen LogP contribution in [0.5, 0.6) is 0 Å². The number of hydrogen-bond acceptors (Lipinski definition) is 4. The summed E-state index contributed by atoms with van der Waals surface area (Å²) in [7, 11) is -3.79. The fraction of sp³-hybridized carbons (Fsp3) is 0.167. The molecular formula is C18H17FN2O3S. The molecule has 0 fully saturated rings. The van der Waals surface area contributed by atoms with Gasteiger partial charge in [0.25, 0.3) is 10.0 Å². The van der Waals surface area contributed by atoms with Gasteiger partial charge in [-0.05, 0) is 68.3 Å². The molecule has 0 aliphatic carbocycles. The summed E-state index contributed by atoms with van der Waals surface area (Å²) in [6, 6.07) is 10.6. The topological polar surface area (TPSA) is 72.2 Å². The summed E-state index contributed by atoms with van der Waals surface area (Å²) in [6.07, 6.45) is 0. The Hall–Kier alpha value is -2.67. The van der Waals surface area contributed by atoms with E-state index in [1.54, 1.807) is 32.0 Å². The van der Waals surface area contributed by atoms with Gasteiger partial charge in [-0.1, -0.05) is 5.16 Å². The van der Waals surface area contributed by atoms with Crippen molar-refractivity contribution in [1.82, 2.24) is 5.16 Å². The third kappa shape index (κ3) is 3.56. The minimum absolute atomic E-state index is 0.149. The van der Waals surface area contributed by atoms with Gasteiger partial charge in [-0.15, -0.1) is 0 Å². The van der Waals surface area contributed by atoms with Crippen molar-refractivity contribution in [3.05, 3.63) is 65.1 Å². The smallest absolute Gasteiger partial charge is 0.262 e. The average molecular weight is 360 g/mol. The number of anilines is 1. The number of nitrogens with one attached hydrogen (secondary N) is 1. The van der Waals surface area contributed by atoms with Gasteiger partial charge >= 0.3 is 0 Å². The lowest BCUT2D eigenvalue weighted by Gasteiger charge is -2.13. The van der Waals surface area contributed by atoms with E-state index >= 15 is 0 Å². The molecule has 1 N–H and O–H groups in total. The van der Waals surface area contributed by atoms with E-state index in [2.05, 4.69) is 9.88 Å². The molecule has 130 valence electrons. The Bertz CT molecular complexity index is 1040. The van der Waals surface area contributed by atoms with Gasteiger partial charge in [0.1, 0.15) is 5.82 Å². The third-order valence-electron chi connectivity index (χ3n) is 3.81. The van der Waals surface area contributed by atoms with Crippen LogP contribution in [0.15, 0.2) is 51.9 Å². The van der Waals surface area contributed by atoms with Gasteiger partial charge in [-0.3, -0.25) is 4.72 Å². The molecule has 0 amide bonds. The molecule has 5 nitrogen and oxygen atoms in total. The van der Waals surface area contributed by atoms with Crippen LogP contribution >= 0.6 is 0 Å². The zero-order chi connectivity index (χ0) is 18.2. The van der Waals surface area contributed by atoms with Crippen LogP contribution in [0.25, 0.3) is 11.3 Å². The van der Waals surface area contributed by atoms with E-state index in [4.69, 9.17) is 4.52 Å². The molecule has 0 aliphatic heterocycles. The van der Waals surface area contributed by atoms with E-state index in [1.165, 1.54) is 24.3 Å². The second-order valence-electron chi connectivity index (χ2n) is 5.88. The molecule has 7 heteroatoms. The standard InChI is InChI=1S/C18H17FN2O3S/c1-11-9-15(19)5-6-16(11)21-25(22,23)18-7-4-14(8-12(18)2)17-10-13(3)20-24-17/h4-10,21H,1-3H3. The van der Waals surface area contributed by atoms with Crippen molar-refractivity contribution in [2.75, 3.05) is 4.72 Å². The Kier molecular flexibility index (Phi) is 4.34. The minimum atomic E-state index is -3.79. The van der Waals surface area contributed by atoms with E-state index in [1.807, 2.05) is 6.92 Å². The van der Waals surface area contributed by atoms with Crippen LogP contribution in [0.1, 0.15) is 16.8 Å². The number of sulfonamides is 1. The van der Waals surface area contributed by atoms with Crippen molar-refractivity contribution in [1.29, 1.82) is 0 Å². The number of aromatic nitrogens is 1. The van der Waals surface area contributed by atoms with E-state index < -0.39 is 15.8 Å². The van der Waals surface area contributed by atoms with Gasteiger partial charge in [0.2, 0.25) is 0 Å². The second kappa shape index (κ2) is 6.33. The van der Waals surface area contributed by atoms with E-state index in [0.29, 0.717) is 22.6 Å². The Labute approximate surface area is 145 Å². The van der Waals surface area contributed by atoms with Gasteiger partial charge in [0.05, 0.1) is 16.3 Å². The highest BCUT2D eigenvalue weighted by molar-refractivity contribution is 7.92. The van der Waals surface area contributed by atoms with Gasteiger partial charge in [0.15, 0.2) is 5.76 Å². The van der Waals surface area contributed by atoms with Gasteiger partial charge in [-0.2, -0.15) is 0 Å². The quantitative estimate of drug-likeness (QED) is 0.757. The normalized spacial score (nSPS) is 11.5. The minimum Gasteiger partial charge on any atom is -0.356 e. The first-order valence-electron chi connectivity index (χ1n) is 7.59. The fourth-order valence-corrected chi connectivity index (χ4v) is 3.90. The highest BCUT2D eigenvalue weighted by Crippen LogP contribution is 2.27. The zero-order valence-electron chi connectivity index (χ0n) is 14.0. The largest absolute Gasteiger partial charge is 0.356 e. The van der Waals surface area contributed by atoms with Gasteiger partial charge in [0, 0.05) is 11.6 Å². The highest BCUT2D eigenvalue weighted by Gasteiger charge is 2.19. The van der Waals surface area contributed by atoms with Crippen molar-refractivity contribution >= 4 is 15.7 Å². The monoisotopic (exact) mass is 360 g/mol. The molecule has 0 saturated carbocycles. The lowest BCUT2D eigenvalue weighted by molar-refractivity contribution is 0.427. The fourth-order valence-electron chi connectivity index (χ4n) is 2.55. The third-order valence-corrected chi connectivity index (χ3v) is 5.34. The van der Waals surface area contributed by atoms with Gasteiger partial charge < -0.3 is 4.52 Å². The molecule has 3 aromatic rings. The second-order valence-corrected chi connectivity index (χ2v) is 7.53. The number of nitrogens with zero attached hydrogens (tertiary/aromatic N) is 1. The molecule has 0 saturated heterocycles. The first kappa shape index (κ1) is 17.2. The van der Waals surface area contributed by atoms with E-state index in [0.717, 1.165) is 11.3 Å². The van der Waals surface area contributed by atoms with Crippen LogP contribution < -0.4 is 4.72 Å². The van der Waals surface area contributed by atoms with Crippen molar-refractivity contribution in [3.8, 4) is 11.3 Å². The molecule has 1 aromatic heterocycles. The summed E-state index contributed by atoms with van der Waals surface area (Å²) in [6.45, 7) is 5.16. The van der Waals surface area contributed by atoms with Crippen molar-refractivity contribution in [3.63, 3.8) is 0 Å². The van der Waals surface area contributed by atoms with Crippen LogP contribution in [0.3, 0.4) is 0 Å². The maximum atomic E-state index is 13.2. The molecule has 1 heterocycles. The molecular weight excluding hydrogens is 343 g/mol. The molecule has 0 bridgehead atoms. The SMILES string of the molecule is Cc1cc(-c2ccc(S(=O)(=O)Nc3ccc(F)cc3C)c(C)c2)on1. The molecule has 0 atom stereocenters. The molecule has 0 radical (unpaired) electrons. The number of hydrogen-bond donors (Lipinski definition) is 1. The number of halogens is 1. The summed E-state index contributed by atoms with van der Waals surface area (Å²) in [5.74, 6) is 0.162. The highest BCUT2D eigenvalue weighted by atomic mass is 32.2. The molecule has 0 aliphatic rings. The van der Waals surface area contributed by atoms with Crippen LogP contribution in [0.2, 0.25) is 0 Å². The lowest BCUT2D eigenvalue weighted by atomic mass is 10.1. The van der Waals surface area contributed by atoms with E-state index in [9.17, 15) is 12.8 Å². The van der Waals surface area contributed by atoms with Crippen molar-refractivity contribution in [2.24, 2.45) is 0 Å². The van der Waals surface area contributed by atoms with Crippen LogP contribution in [-0.2, 0) is 10.0 Å². The summed E-state index contributed by atoms with van der Waals surface area (Å²) in [4.78, 5) is 0.149. The van der Waals surface area contributed by atoms with Crippen LogP contribution in [0, 0.1) is 26.6 Å².